The number of anilines is 1. The number of nitriles is 1. The average Bonchev–Trinajstić information content (AvgIpc) is 2.39. The van der Waals surface area contributed by atoms with Crippen LogP contribution in [0.5, 0.6) is 17.2 Å². The molecule has 0 spiro atoms. The Bertz CT molecular complexity index is 605. The van der Waals surface area contributed by atoms with Gasteiger partial charge in [-0.3, -0.25) is 0 Å². The SMILES string of the molecule is COc1ccc(N)cc1Oc1ccnc(C#N)c1. The van der Waals surface area contributed by atoms with Gasteiger partial charge in [-0.05, 0) is 18.2 Å². The Hall–Kier alpha value is -2.74. The van der Waals surface area contributed by atoms with E-state index in [1.165, 1.54) is 6.20 Å². The maximum Gasteiger partial charge on any atom is 0.171 e. The van der Waals surface area contributed by atoms with Gasteiger partial charge in [-0.15, -0.1) is 0 Å². The molecule has 0 atom stereocenters. The summed E-state index contributed by atoms with van der Waals surface area (Å²) in [4.78, 5) is 3.86. The largest absolute Gasteiger partial charge is 0.493 e. The van der Waals surface area contributed by atoms with Crippen LogP contribution in [0.2, 0.25) is 0 Å². The molecule has 90 valence electrons. The number of ether oxygens (including phenoxy) is 2. The third kappa shape index (κ3) is 2.50. The molecule has 5 nitrogen and oxygen atoms in total. The van der Waals surface area contributed by atoms with E-state index >= 15 is 0 Å². The molecule has 0 aliphatic heterocycles. The number of pyridine rings is 1. The van der Waals surface area contributed by atoms with E-state index < -0.39 is 0 Å². The van der Waals surface area contributed by atoms with E-state index in [9.17, 15) is 0 Å². The van der Waals surface area contributed by atoms with Crippen LogP contribution >= 0.6 is 0 Å². The lowest BCUT2D eigenvalue weighted by Gasteiger charge is -2.10. The Labute approximate surface area is 104 Å². The van der Waals surface area contributed by atoms with Gasteiger partial charge in [-0.1, -0.05) is 0 Å². The van der Waals surface area contributed by atoms with Crippen molar-refractivity contribution in [2.45, 2.75) is 0 Å². The van der Waals surface area contributed by atoms with E-state index in [4.69, 9.17) is 20.5 Å². The first-order chi connectivity index (χ1) is 8.72. The quantitative estimate of drug-likeness (QED) is 0.834. The second-order valence-corrected chi connectivity index (χ2v) is 3.50. The van der Waals surface area contributed by atoms with Crippen LogP contribution in [0.1, 0.15) is 5.69 Å². The Morgan fingerprint density at radius 2 is 2.06 bits per heavy atom. The van der Waals surface area contributed by atoms with Gasteiger partial charge >= 0.3 is 0 Å². The van der Waals surface area contributed by atoms with E-state index in [0.717, 1.165) is 0 Å². The molecule has 2 N–H and O–H groups in total. The molecule has 2 rings (SSSR count). The van der Waals surface area contributed by atoms with Gasteiger partial charge in [-0.2, -0.15) is 5.26 Å². The van der Waals surface area contributed by atoms with Crippen molar-refractivity contribution in [2.24, 2.45) is 0 Å². The van der Waals surface area contributed by atoms with Gasteiger partial charge in [-0.25, -0.2) is 4.98 Å². The number of benzene rings is 1. The average molecular weight is 241 g/mol. The lowest BCUT2D eigenvalue weighted by atomic mass is 10.3. The number of aromatic nitrogens is 1. The fourth-order valence-corrected chi connectivity index (χ4v) is 1.44. The number of methoxy groups -OCH3 is 1. The Balaban J connectivity index is 2.33. The van der Waals surface area contributed by atoms with Gasteiger partial charge in [0, 0.05) is 24.0 Å². The molecule has 0 radical (unpaired) electrons. The summed E-state index contributed by atoms with van der Waals surface area (Å²) in [5, 5.41) is 8.76. The summed E-state index contributed by atoms with van der Waals surface area (Å²) in [5.74, 6) is 1.57. The Morgan fingerprint density at radius 1 is 1.22 bits per heavy atom. The summed E-state index contributed by atoms with van der Waals surface area (Å²) in [7, 11) is 1.55. The highest BCUT2D eigenvalue weighted by atomic mass is 16.5. The summed E-state index contributed by atoms with van der Waals surface area (Å²) in [5.41, 5.74) is 6.55. The zero-order chi connectivity index (χ0) is 13.0. The molecule has 0 saturated carbocycles. The molecule has 1 aromatic carbocycles. The lowest BCUT2D eigenvalue weighted by molar-refractivity contribution is 0.379. The van der Waals surface area contributed by atoms with Gasteiger partial charge in [0.25, 0.3) is 0 Å². The van der Waals surface area contributed by atoms with Crippen molar-refractivity contribution in [3.05, 3.63) is 42.2 Å². The molecule has 1 heterocycles. The minimum Gasteiger partial charge on any atom is -0.493 e. The van der Waals surface area contributed by atoms with Crippen LogP contribution in [0.4, 0.5) is 5.69 Å². The normalized spacial score (nSPS) is 9.56. The fourth-order valence-electron chi connectivity index (χ4n) is 1.44. The summed E-state index contributed by atoms with van der Waals surface area (Å²) in [6, 6.07) is 10.2. The second-order valence-electron chi connectivity index (χ2n) is 3.50. The molecule has 18 heavy (non-hydrogen) atoms. The topological polar surface area (TPSA) is 81.2 Å². The first kappa shape index (κ1) is 11.7. The number of hydrogen-bond donors (Lipinski definition) is 1. The van der Waals surface area contributed by atoms with Crippen LogP contribution in [0.15, 0.2) is 36.5 Å². The summed E-state index contributed by atoms with van der Waals surface area (Å²) in [6.45, 7) is 0. The predicted molar refractivity (Wildman–Crippen MR) is 66.4 cm³/mol. The molecule has 0 fully saturated rings. The van der Waals surface area contributed by atoms with Crippen LogP contribution in [0.3, 0.4) is 0 Å². The van der Waals surface area contributed by atoms with Gasteiger partial charge in [0.05, 0.1) is 7.11 Å². The van der Waals surface area contributed by atoms with E-state index in [1.807, 2.05) is 6.07 Å². The molecule has 0 unspecified atom stereocenters. The van der Waals surface area contributed by atoms with Crippen molar-refractivity contribution in [3.8, 4) is 23.3 Å². The third-order valence-corrected chi connectivity index (χ3v) is 2.26. The Morgan fingerprint density at radius 3 is 2.78 bits per heavy atom. The smallest absolute Gasteiger partial charge is 0.171 e. The van der Waals surface area contributed by atoms with E-state index in [0.29, 0.717) is 22.9 Å². The van der Waals surface area contributed by atoms with Crippen molar-refractivity contribution in [3.63, 3.8) is 0 Å². The number of nitrogens with two attached hydrogens (primary N) is 1. The van der Waals surface area contributed by atoms with Gasteiger partial charge in [0.2, 0.25) is 0 Å². The summed E-state index contributed by atoms with van der Waals surface area (Å²) in [6.07, 6.45) is 1.51. The number of rotatable bonds is 3. The van der Waals surface area contributed by atoms with Crippen LogP contribution in [-0.4, -0.2) is 12.1 Å². The Kier molecular flexibility index (Phi) is 3.30. The van der Waals surface area contributed by atoms with Crippen molar-refractivity contribution in [1.82, 2.24) is 4.98 Å². The molecule has 2 aromatic rings. The standard InChI is InChI=1S/C13H11N3O2/c1-17-12-3-2-9(15)6-13(12)18-11-4-5-16-10(7-11)8-14/h2-7H,15H2,1H3. The van der Waals surface area contributed by atoms with E-state index in [-0.39, 0.29) is 5.69 Å². The highest BCUT2D eigenvalue weighted by Gasteiger charge is 2.06. The minimum absolute atomic E-state index is 0.287. The molecule has 0 bridgehead atoms. The van der Waals surface area contributed by atoms with Crippen LogP contribution in [-0.2, 0) is 0 Å². The molecule has 0 aliphatic carbocycles. The summed E-state index contributed by atoms with van der Waals surface area (Å²) >= 11 is 0. The number of nitrogen functional groups attached to an aromatic ring is 1. The van der Waals surface area contributed by atoms with Gasteiger partial charge < -0.3 is 15.2 Å². The molecule has 1 aromatic heterocycles. The van der Waals surface area contributed by atoms with E-state index in [2.05, 4.69) is 4.98 Å². The van der Waals surface area contributed by atoms with Crippen LogP contribution in [0, 0.1) is 11.3 Å². The zero-order valence-electron chi connectivity index (χ0n) is 9.75. The van der Waals surface area contributed by atoms with Crippen molar-refractivity contribution < 1.29 is 9.47 Å². The zero-order valence-corrected chi connectivity index (χ0v) is 9.75. The van der Waals surface area contributed by atoms with Crippen molar-refractivity contribution >= 4 is 5.69 Å². The first-order valence-electron chi connectivity index (χ1n) is 5.20. The monoisotopic (exact) mass is 241 g/mol. The maximum atomic E-state index is 8.76. The first-order valence-corrected chi connectivity index (χ1v) is 5.20. The van der Waals surface area contributed by atoms with Crippen LogP contribution in [0.25, 0.3) is 0 Å². The molecular weight excluding hydrogens is 230 g/mol. The second kappa shape index (κ2) is 5.06. The molecule has 5 heteroatoms. The van der Waals surface area contributed by atoms with Crippen molar-refractivity contribution in [2.75, 3.05) is 12.8 Å². The van der Waals surface area contributed by atoms with E-state index in [1.54, 1.807) is 37.4 Å². The van der Waals surface area contributed by atoms with Crippen molar-refractivity contribution in [1.29, 1.82) is 5.26 Å². The minimum atomic E-state index is 0.287. The highest BCUT2D eigenvalue weighted by molar-refractivity contribution is 5.53. The summed E-state index contributed by atoms with van der Waals surface area (Å²) < 4.78 is 10.8. The number of hydrogen-bond acceptors (Lipinski definition) is 5. The molecule has 0 amide bonds. The lowest BCUT2D eigenvalue weighted by Crippen LogP contribution is -1.93. The maximum absolute atomic E-state index is 8.76. The molecular formula is C13H11N3O2. The predicted octanol–water partition coefficient (Wildman–Crippen LogP) is 2.34. The van der Waals surface area contributed by atoms with Gasteiger partial charge in [0.1, 0.15) is 17.5 Å². The number of nitrogens with zero attached hydrogens (tertiary/aromatic N) is 2. The third-order valence-electron chi connectivity index (χ3n) is 2.26. The highest BCUT2D eigenvalue weighted by Crippen LogP contribution is 2.33. The van der Waals surface area contributed by atoms with Crippen LogP contribution < -0.4 is 15.2 Å². The van der Waals surface area contributed by atoms with Gasteiger partial charge in [0.15, 0.2) is 11.5 Å². The molecule has 0 saturated heterocycles. The molecule has 0 aliphatic rings. The fraction of sp³-hybridized carbons (Fsp3) is 0.0769.